The van der Waals surface area contributed by atoms with E-state index in [1.807, 2.05) is 0 Å². The molecule has 0 fully saturated rings. The van der Waals surface area contributed by atoms with Crippen molar-refractivity contribution in [2.24, 2.45) is 0 Å². The van der Waals surface area contributed by atoms with Gasteiger partial charge in [0, 0.05) is 0 Å². The molecule has 9 heteroatoms. The molecule has 0 heterocycles. The summed E-state index contributed by atoms with van der Waals surface area (Å²) < 4.78 is 0. The van der Waals surface area contributed by atoms with Crippen LogP contribution >= 0.6 is 57.8 Å². The summed E-state index contributed by atoms with van der Waals surface area (Å²) in [5.74, 6) is 0. The van der Waals surface area contributed by atoms with Gasteiger partial charge in [-0.15, -0.1) is 0 Å². The molecule has 0 spiro atoms. The summed E-state index contributed by atoms with van der Waals surface area (Å²) >= 11 is 0. The van der Waals surface area contributed by atoms with Crippen molar-refractivity contribution >= 4 is 117 Å². The minimum absolute atomic E-state index is 0. The van der Waals surface area contributed by atoms with E-state index in [-0.39, 0.29) is 59.1 Å². The molecular weight excluding hydrogens is 449 g/mol. The van der Waals surface area contributed by atoms with E-state index in [2.05, 4.69) is 0 Å². The number of rotatable bonds is 0. The summed E-state index contributed by atoms with van der Waals surface area (Å²) in [4.78, 5) is 0. The van der Waals surface area contributed by atoms with Gasteiger partial charge in [0.05, 0.1) is 0 Å². The molecular formula is H2Cl6Na2Os. The Bertz CT molecular complexity index is 69.6. The Morgan fingerprint density at radius 3 is 0.556 bits per heavy atom. The van der Waals surface area contributed by atoms with E-state index in [1.165, 1.54) is 0 Å². The van der Waals surface area contributed by atoms with E-state index in [4.69, 9.17) is 57.8 Å². The summed E-state index contributed by atoms with van der Waals surface area (Å²) in [6.07, 6.45) is 0. The van der Waals surface area contributed by atoms with Gasteiger partial charge in [-0.3, -0.25) is 0 Å². The molecule has 0 N–H and O–H groups in total. The monoisotopic (exact) mass is 450 g/mol. The van der Waals surface area contributed by atoms with Crippen molar-refractivity contribution in [1.82, 2.24) is 0 Å². The van der Waals surface area contributed by atoms with E-state index in [0.717, 1.165) is 0 Å². The van der Waals surface area contributed by atoms with Crippen molar-refractivity contribution < 1.29 is 6.64 Å². The van der Waals surface area contributed by atoms with Crippen LogP contribution in [-0.2, 0) is 6.64 Å². The van der Waals surface area contributed by atoms with Gasteiger partial charge in [0.1, 0.15) is 0 Å². The van der Waals surface area contributed by atoms with Crippen LogP contribution in [0.1, 0.15) is 0 Å². The molecule has 0 amide bonds. The van der Waals surface area contributed by atoms with E-state index >= 15 is 0 Å². The van der Waals surface area contributed by atoms with E-state index in [0.29, 0.717) is 0 Å². The molecule has 0 saturated heterocycles. The molecule has 54 valence electrons. The van der Waals surface area contributed by atoms with E-state index in [9.17, 15) is 0 Å². The molecule has 0 aliphatic heterocycles. The van der Waals surface area contributed by atoms with Gasteiger partial charge in [-0.1, -0.05) is 0 Å². The fourth-order valence-electron chi connectivity index (χ4n) is 0. The molecule has 0 nitrogen and oxygen atoms in total. The van der Waals surface area contributed by atoms with Gasteiger partial charge in [0.2, 0.25) is 0 Å². The maximum absolute atomic E-state index is 5.38. The average molecular weight is 451 g/mol. The summed E-state index contributed by atoms with van der Waals surface area (Å²) in [7, 11) is 30.4. The number of halogens is 6. The van der Waals surface area contributed by atoms with Gasteiger partial charge in [-0.25, -0.2) is 0 Å². The summed E-state index contributed by atoms with van der Waals surface area (Å²) in [5.41, 5.74) is 0. The summed E-state index contributed by atoms with van der Waals surface area (Å²) in [6, 6.07) is 0. The third-order valence-corrected chi connectivity index (χ3v) is 0. The zero-order valence-corrected chi connectivity index (χ0v) is 9.70. The van der Waals surface area contributed by atoms with Crippen LogP contribution in [0.3, 0.4) is 0 Å². The standard InChI is InChI=1S/6ClH.2Na.Os.2H/h6*1H;;;;;/q;;;;;;;;+6;;/p-6. The van der Waals surface area contributed by atoms with Gasteiger partial charge in [-0.2, -0.15) is 0 Å². The molecule has 0 atom stereocenters. The maximum atomic E-state index is 5.06. The Morgan fingerprint density at radius 2 is 0.556 bits per heavy atom. The quantitative estimate of drug-likeness (QED) is 0.498. The molecule has 0 aromatic carbocycles. The Hall–Kier alpha value is 4.38. The van der Waals surface area contributed by atoms with Crippen molar-refractivity contribution in [3.63, 3.8) is 0 Å². The van der Waals surface area contributed by atoms with Crippen LogP contribution in [0.4, 0.5) is 0 Å². The second-order valence-corrected chi connectivity index (χ2v) is 55.8. The predicted molar refractivity (Wildman–Crippen MR) is 49.4 cm³/mol. The molecule has 0 aromatic heterocycles. The van der Waals surface area contributed by atoms with Crippen molar-refractivity contribution in [2.45, 2.75) is 0 Å². The SMILES string of the molecule is [Cl][Os]([Cl])([Cl])([Cl])([Cl])[Cl].[NaH].[NaH]. The summed E-state index contributed by atoms with van der Waals surface area (Å²) in [5, 5.41) is 0. The average Bonchev–Trinajstić information content (AvgIpc) is 0.592. The van der Waals surface area contributed by atoms with Gasteiger partial charge in [0.15, 0.2) is 0 Å². The van der Waals surface area contributed by atoms with Crippen molar-refractivity contribution in [2.75, 3.05) is 0 Å². The van der Waals surface area contributed by atoms with Gasteiger partial charge in [0.25, 0.3) is 0 Å². The van der Waals surface area contributed by atoms with Gasteiger partial charge < -0.3 is 0 Å². The third kappa shape index (κ3) is 69.6. The third-order valence-electron chi connectivity index (χ3n) is 0. The van der Waals surface area contributed by atoms with Crippen molar-refractivity contribution in [3.8, 4) is 0 Å². The molecule has 0 radical (unpaired) electrons. The Morgan fingerprint density at radius 1 is 0.556 bits per heavy atom. The van der Waals surface area contributed by atoms with Gasteiger partial charge in [-0.05, 0) is 0 Å². The minimum atomic E-state index is -5.38. The zero-order chi connectivity index (χ0) is 6.41. The van der Waals surface area contributed by atoms with Crippen LogP contribution in [0.2, 0.25) is 0 Å². The van der Waals surface area contributed by atoms with Crippen LogP contribution < -0.4 is 0 Å². The second kappa shape index (κ2) is 4.27. The first kappa shape index (κ1) is 19.0. The fourth-order valence-corrected chi connectivity index (χ4v) is 0. The molecule has 0 aromatic rings. The molecule has 0 aliphatic rings. The molecule has 0 bridgehead atoms. The van der Waals surface area contributed by atoms with Crippen molar-refractivity contribution in [3.05, 3.63) is 0 Å². The molecule has 0 rings (SSSR count). The van der Waals surface area contributed by atoms with Gasteiger partial charge >= 0.3 is 124 Å². The Kier molecular flexibility index (Phi) is 9.02. The molecule has 0 aliphatic carbocycles. The normalized spacial score (nSPS) is 18.0. The predicted octanol–water partition coefficient (Wildman–Crippen LogP) is 2.84. The van der Waals surface area contributed by atoms with Crippen LogP contribution in [-0.4, -0.2) is 59.1 Å². The van der Waals surface area contributed by atoms with E-state index in [1.54, 1.807) is 0 Å². The Labute approximate surface area is 121 Å². The molecule has 0 saturated carbocycles. The Balaban J connectivity index is -0.000000180. The first-order chi connectivity index (χ1) is 2.45. The van der Waals surface area contributed by atoms with Crippen LogP contribution in [0.5, 0.6) is 0 Å². The second-order valence-electron chi connectivity index (χ2n) is 0.758. The van der Waals surface area contributed by atoms with Crippen LogP contribution in [0.15, 0.2) is 0 Å². The van der Waals surface area contributed by atoms with Crippen molar-refractivity contribution in [1.29, 1.82) is 0 Å². The number of hydrogen-bond acceptors (Lipinski definition) is 0. The topological polar surface area (TPSA) is 0 Å². The summed E-state index contributed by atoms with van der Waals surface area (Å²) in [6.45, 7) is -5.38. The molecule has 0 unspecified atom stereocenters. The van der Waals surface area contributed by atoms with E-state index < -0.39 is 6.64 Å². The molecule has 9 heavy (non-hydrogen) atoms. The first-order valence-corrected chi connectivity index (χ1v) is 19.7. The van der Waals surface area contributed by atoms with Crippen LogP contribution in [0.25, 0.3) is 0 Å². The first-order valence-electron chi connectivity index (χ1n) is 0.802. The number of hydrogen-bond donors (Lipinski definition) is 0. The van der Waals surface area contributed by atoms with Crippen LogP contribution in [0, 0.1) is 0 Å². The fraction of sp³-hybridized carbons (Fsp3) is 0. The zero-order valence-electron chi connectivity index (χ0n) is 2.62.